The van der Waals surface area contributed by atoms with Crippen LogP contribution in [-0.4, -0.2) is 106 Å². The van der Waals surface area contributed by atoms with Crippen molar-refractivity contribution in [2.75, 3.05) is 20.3 Å². The van der Waals surface area contributed by atoms with Gasteiger partial charge in [-0.25, -0.2) is 4.79 Å². The number of aromatic hydroxyl groups is 1. The van der Waals surface area contributed by atoms with Gasteiger partial charge in [-0.1, -0.05) is 6.07 Å². The second kappa shape index (κ2) is 10.6. The molecule has 12 heteroatoms. The highest BCUT2D eigenvalue weighted by Crippen LogP contribution is 2.28. The summed E-state index contributed by atoms with van der Waals surface area (Å²) in [5, 5.41) is 58.1. The average molecular weight is 458 g/mol. The molecule has 2 heterocycles. The Labute approximate surface area is 182 Å². The first-order valence-electron chi connectivity index (χ1n) is 9.76. The Balaban J connectivity index is 1.62. The number of carbonyl (C=O) groups excluding carboxylic acids is 1. The highest BCUT2D eigenvalue weighted by molar-refractivity contribution is 5.87. The van der Waals surface area contributed by atoms with E-state index in [0.717, 1.165) is 6.08 Å². The summed E-state index contributed by atoms with van der Waals surface area (Å²) in [5.41, 5.74) is 0.533. The van der Waals surface area contributed by atoms with Crippen molar-refractivity contribution >= 4 is 12.0 Å². The van der Waals surface area contributed by atoms with Gasteiger partial charge in [0.2, 0.25) is 0 Å². The molecule has 0 radical (unpaired) electrons. The van der Waals surface area contributed by atoms with Crippen molar-refractivity contribution in [1.82, 2.24) is 0 Å². The number of ether oxygens (including phenoxy) is 5. The summed E-state index contributed by atoms with van der Waals surface area (Å²) in [6.45, 7) is -0.930. The van der Waals surface area contributed by atoms with Crippen LogP contribution in [0, 0.1) is 0 Å². The van der Waals surface area contributed by atoms with E-state index in [2.05, 4.69) is 0 Å². The molecule has 178 valence electrons. The Bertz CT molecular complexity index is 814. The van der Waals surface area contributed by atoms with Gasteiger partial charge in [-0.3, -0.25) is 0 Å². The van der Waals surface area contributed by atoms with Crippen LogP contribution in [0.2, 0.25) is 0 Å². The molecule has 2 saturated heterocycles. The van der Waals surface area contributed by atoms with Gasteiger partial charge < -0.3 is 54.3 Å². The Hall–Kier alpha value is -2.29. The zero-order valence-electron chi connectivity index (χ0n) is 17.1. The third kappa shape index (κ3) is 5.36. The number of phenols is 1. The van der Waals surface area contributed by atoms with E-state index in [4.69, 9.17) is 23.7 Å². The minimum Gasteiger partial charge on any atom is -0.504 e. The summed E-state index contributed by atoms with van der Waals surface area (Å²) in [6, 6.07) is 4.43. The standard InChI is InChI=1S/C20H26O12/c1-28-11-6-9(2-4-10(11)22)3-5-14(23)32-18-16(25)12(7-21)31-20(18)29-8-13-15(24)17(26)19(27)30-13/h2-6,12-13,15-22,24-27H,7-8H2,1H3. The summed E-state index contributed by atoms with van der Waals surface area (Å²) in [4.78, 5) is 12.3. The van der Waals surface area contributed by atoms with Crippen LogP contribution >= 0.6 is 0 Å². The van der Waals surface area contributed by atoms with Gasteiger partial charge in [0.25, 0.3) is 0 Å². The van der Waals surface area contributed by atoms with Crippen molar-refractivity contribution in [2.24, 2.45) is 0 Å². The van der Waals surface area contributed by atoms with Crippen LogP contribution in [0.5, 0.6) is 11.5 Å². The van der Waals surface area contributed by atoms with Crippen molar-refractivity contribution in [2.45, 2.75) is 49.2 Å². The molecule has 8 atom stereocenters. The lowest BCUT2D eigenvalue weighted by molar-refractivity contribution is -0.205. The number of methoxy groups -OCH3 is 1. The van der Waals surface area contributed by atoms with Gasteiger partial charge in [0.05, 0.1) is 20.3 Å². The summed E-state index contributed by atoms with van der Waals surface area (Å²) >= 11 is 0. The topological polar surface area (TPSA) is 185 Å². The third-order valence-corrected chi connectivity index (χ3v) is 5.10. The number of phenolic OH excluding ortho intramolecular Hbond substituents is 1. The van der Waals surface area contributed by atoms with Crippen LogP contribution in [0.15, 0.2) is 24.3 Å². The molecule has 0 saturated carbocycles. The Morgan fingerprint density at radius 2 is 1.84 bits per heavy atom. The molecular weight excluding hydrogens is 432 g/mol. The Kier molecular flexibility index (Phi) is 8.03. The van der Waals surface area contributed by atoms with Gasteiger partial charge in [-0.15, -0.1) is 0 Å². The van der Waals surface area contributed by atoms with Gasteiger partial charge in [0.1, 0.15) is 30.5 Å². The zero-order chi connectivity index (χ0) is 23.4. The number of aliphatic hydroxyl groups is 5. The molecule has 0 aromatic heterocycles. The first-order valence-corrected chi connectivity index (χ1v) is 9.76. The lowest BCUT2D eigenvalue weighted by atomic mass is 10.1. The van der Waals surface area contributed by atoms with E-state index in [1.165, 1.54) is 25.3 Å². The zero-order valence-corrected chi connectivity index (χ0v) is 17.1. The van der Waals surface area contributed by atoms with Crippen LogP contribution in [-0.2, 0) is 23.7 Å². The van der Waals surface area contributed by atoms with E-state index in [0.29, 0.717) is 5.56 Å². The number of hydrogen-bond acceptors (Lipinski definition) is 12. The molecule has 1 aromatic rings. The maximum atomic E-state index is 12.3. The number of benzene rings is 1. The molecule has 6 N–H and O–H groups in total. The van der Waals surface area contributed by atoms with E-state index < -0.39 is 61.8 Å². The molecule has 1 aromatic carbocycles. The van der Waals surface area contributed by atoms with Crippen LogP contribution in [0.25, 0.3) is 6.08 Å². The second-order valence-electron chi connectivity index (χ2n) is 7.26. The van der Waals surface area contributed by atoms with Crippen molar-refractivity contribution in [3.8, 4) is 11.5 Å². The minimum atomic E-state index is -1.59. The predicted octanol–water partition coefficient (Wildman–Crippen LogP) is -2.14. The Morgan fingerprint density at radius 1 is 1.09 bits per heavy atom. The molecule has 12 nitrogen and oxygen atoms in total. The van der Waals surface area contributed by atoms with E-state index in [-0.39, 0.29) is 18.1 Å². The van der Waals surface area contributed by atoms with Gasteiger partial charge in [0, 0.05) is 6.08 Å². The molecule has 8 unspecified atom stereocenters. The van der Waals surface area contributed by atoms with E-state index >= 15 is 0 Å². The smallest absolute Gasteiger partial charge is 0.331 e. The number of hydrogen-bond donors (Lipinski definition) is 6. The molecule has 0 amide bonds. The summed E-state index contributed by atoms with van der Waals surface area (Å²) in [7, 11) is 1.38. The first-order chi connectivity index (χ1) is 15.2. The number of rotatable bonds is 8. The first kappa shape index (κ1) is 24.4. The second-order valence-corrected chi connectivity index (χ2v) is 7.26. The highest BCUT2D eigenvalue weighted by atomic mass is 16.7. The van der Waals surface area contributed by atoms with Crippen LogP contribution in [0.1, 0.15) is 5.56 Å². The molecule has 2 aliphatic rings. The van der Waals surface area contributed by atoms with Crippen molar-refractivity contribution < 1.29 is 59.1 Å². The molecule has 0 aliphatic carbocycles. The monoisotopic (exact) mass is 458 g/mol. The molecule has 0 spiro atoms. The van der Waals surface area contributed by atoms with Crippen molar-refractivity contribution in [3.05, 3.63) is 29.8 Å². The van der Waals surface area contributed by atoms with Crippen LogP contribution in [0.3, 0.4) is 0 Å². The third-order valence-electron chi connectivity index (χ3n) is 5.10. The normalized spacial score (nSPS) is 34.8. The fraction of sp³-hybridized carbons (Fsp3) is 0.550. The maximum Gasteiger partial charge on any atom is 0.331 e. The van der Waals surface area contributed by atoms with Gasteiger partial charge in [0.15, 0.2) is 30.2 Å². The SMILES string of the molecule is COc1cc(C=CC(=O)OC2C(OCC3OC(O)C(O)C3O)OC(CO)C2O)ccc1O. The summed E-state index contributed by atoms with van der Waals surface area (Å²) < 4.78 is 26.0. The van der Waals surface area contributed by atoms with E-state index in [1.54, 1.807) is 6.07 Å². The lowest BCUT2D eigenvalue weighted by Crippen LogP contribution is -2.40. The maximum absolute atomic E-state index is 12.3. The lowest BCUT2D eigenvalue weighted by Gasteiger charge is -2.22. The average Bonchev–Trinajstić information content (AvgIpc) is 3.21. The van der Waals surface area contributed by atoms with E-state index in [9.17, 15) is 35.4 Å². The van der Waals surface area contributed by atoms with Gasteiger partial charge >= 0.3 is 5.97 Å². The highest BCUT2D eigenvalue weighted by Gasteiger charge is 2.48. The van der Waals surface area contributed by atoms with Crippen molar-refractivity contribution in [1.29, 1.82) is 0 Å². The molecule has 3 rings (SSSR count). The fourth-order valence-corrected chi connectivity index (χ4v) is 3.30. The molecular formula is C20H26O12. The summed E-state index contributed by atoms with van der Waals surface area (Å²) in [5.74, 6) is -0.698. The van der Waals surface area contributed by atoms with Crippen LogP contribution in [0.4, 0.5) is 0 Å². The van der Waals surface area contributed by atoms with Crippen LogP contribution < -0.4 is 4.74 Å². The largest absolute Gasteiger partial charge is 0.504 e. The van der Waals surface area contributed by atoms with Gasteiger partial charge in [-0.05, 0) is 23.8 Å². The predicted molar refractivity (Wildman–Crippen MR) is 104 cm³/mol. The molecule has 2 fully saturated rings. The molecule has 2 aliphatic heterocycles. The van der Waals surface area contributed by atoms with E-state index in [1.807, 2.05) is 0 Å². The van der Waals surface area contributed by atoms with Gasteiger partial charge in [-0.2, -0.15) is 0 Å². The number of carbonyl (C=O) groups is 1. The minimum absolute atomic E-state index is 0.0649. The summed E-state index contributed by atoms with van der Waals surface area (Å²) in [6.07, 6.45) is -8.24. The fourth-order valence-electron chi connectivity index (χ4n) is 3.30. The number of aliphatic hydroxyl groups excluding tert-OH is 5. The molecule has 32 heavy (non-hydrogen) atoms. The number of esters is 1. The van der Waals surface area contributed by atoms with Crippen molar-refractivity contribution in [3.63, 3.8) is 0 Å². The quantitative estimate of drug-likeness (QED) is 0.184. The molecule has 0 bridgehead atoms. The Morgan fingerprint density at radius 3 is 2.47 bits per heavy atom.